The van der Waals surface area contributed by atoms with E-state index in [-0.39, 0.29) is 42.7 Å². The normalized spacial score (nSPS) is 15.8. The Morgan fingerprint density at radius 1 is 1.31 bits per heavy atom. The average Bonchev–Trinajstić information content (AvgIpc) is 2.96. The molecule has 144 valence electrons. The van der Waals surface area contributed by atoms with Crippen molar-refractivity contribution < 1.29 is 4.79 Å². The molecule has 5 nitrogen and oxygen atoms in total. The Morgan fingerprint density at radius 2 is 2.00 bits per heavy atom. The van der Waals surface area contributed by atoms with E-state index < -0.39 is 0 Å². The molecule has 1 aromatic carbocycles. The highest BCUT2D eigenvalue weighted by Crippen LogP contribution is 2.29. The summed E-state index contributed by atoms with van der Waals surface area (Å²) in [6.45, 7) is 6.52. The quantitative estimate of drug-likeness (QED) is 0.782. The van der Waals surface area contributed by atoms with Crippen molar-refractivity contribution in [3.05, 3.63) is 46.5 Å². The van der Waals surface area contributed by atoms with Crippen molar-refractivity contribution >= 4 is 47.2 Å². The van der Waals surface area contributed by atoms with Gasteiger partial charge in [0, 0.05) is 37.0 Å². The Hall–Kier alpha value is -1.18. The van der Waals surface area contributed by atoms with Gasteiger partial charge in [0.2, 0.25) is 5.91 Å². The van der Waals surface area contributed by atoms with Crippen molar-refractivity contribution in [3.63, 3.8) is 0 Å². The molecule has 0 radical (unpaired) electrons. The third-order valence-corrected chi connectivity index (χ3v) is 5.49. The highest BCUT2D eigenvalue weighted by Gasteiger charge is 2.23. The fraction of sp³-hybridized carbons (Fsp3) is 0.444. The van der Waals surface area contributed by atoms with Crippen LogP contribution in [0.15, 0.2) is 30.3 Å². The summed E-state index contributed by atoms with van der Waals surface area (Å²) in [5.41, 5.74) is 8.24. The van der Waals surface area contributed by atoms with Gasteiger partial charge in [-0.1, -0.05) is 37.3 Å². The number of aromatic nitrogens is 1. The minimum absolute atomic E-state index is 0. The van der Waals surface area contributed by atoms with Crippen molar-refractivity contribution in [1.29, 1.82) is 0 Å². The van der Waals surface area contributed by atoms with E-state index in [1.54, 1.807) is 11.3 Å². The van der Waals surface area contributed by atoms with Gasteiger partial charge in [-0.05, 0) is 12.5 Å². The summed E-state index contributed by atoms with van der Waals surface area (Å²) in [5.74, 6) is -0.280. The largest absolute Gasteiger partial charge is 0.327 e. The summed E-state index contributed by atoms with van der Waals surface area (Å²) in [4.78, 5) is 20.4. The second kappa shape index (κ2) is 10.2. The first-order chi connectivity index (χ1) is 11.5. The maximum absolute atomic E-state index is 12.1. The van der Waals surface area contributed by atoms with Gasteiger partial charge in [-0.25, -0.2) is 4.98 Å². The zero-order chi connectivity index (χ0) is 17.1. The van der Waals surface area contributed by atoms with Crippen molar-refractivity contribution in [2.24, 2.45) is 11.7 Å². The molecule has 3 rings (SSSR count). The molecule has 0 saturated heterocycles. The van der Waals surface area contributed by atoms with Gasteiger partial charge in [-0.15, -0.1) is 36.2 Å². The molecule has 3 N–H and O–H groups in total. The highest BCUT2D eigenvalue weighted by atomic mass is 35.5. The first-order valence-electron chi connectivity index (χ1n) is 8.34. The van der Waals surface area contributed by atoms with E-state index >= 15 is 0 Å². The number of hydrogen-bond acceptors (Lipinski definition) is 5. The Balaban J connectivity index is 0.00000169. The third-order valence-electron chi connectivity index (χ3n) is 4.49. The number of rotatable bonds is 5. The molecule has 1 aliphatic heterocycles. The minimum Gasteiger partial charge on any atom is -0.327 e. The van der Waals surface area contributed by atoms with Crippen LogP contribution in [0.25, 0.3) is 0 Å². The number of nitrogens with two attached hydrogens (primary N) is 1. The number of anilines is 1. The molecule has 0 saturated carbocycles. The summed E-state index contributed by atoms with van der Waals surface area (Å²) in [5, 5.41) is 3.61. The molecule has 0 bridgehead atoms. The van der Waals surface area contributed by atoms with Crippen LogP contribution < -0.4 is 11.1 Å². The monoisotopic (exact) mass is 416 g/mol. The predicted octanol–water partition coefficient (Wildman–Crippen LogP) is 3.47. The molecule has 8 heteroatoms. The van der Waals surface area contributed by atoms with Gasteiger partial charge in [-0.2, -0.15) is 0 Å². The lowest BCUT2D eigenvalue weighted by Crippen LogP contribution is -2.34. The van der Waals surface area contributed by atoms with Crippen LogP contribution >= 0.6 is 36.2 Å². The lowest BCUT2D eigenvalue weighted by molar-refractivity contribution is -0.119. The van der Waals surface area contributed by atoms with Gasteiger partial charge in [0.05, 0.1) is 11.6 Å². The van der Waals surface area contributed by atoms with Gasteiger partial charge in [0.15, 0.2) is 5.13 Å². The number of benzene rings is 1. The molecule has 26 heavy (non-hydrogen) atoms. The Morgan fingerprint density at radius 3 is 2.65 bits per heavy atom. The molecular weight excluding hydrogens is 391 g/mol. The molecule has 0 fully saturated rings. The number of carbonyl (C=O) groups is 1. The van der Waals surface area contributed by atoms with E-state index in [2.05, 4.69) is 39.5 Å². The minimum atomic E-state index is -0.222. The molecule has 2 unspecified atom stereocenters. The molecule has 1 amide bonds. The fourth-order valence-corrected chi connectivity index (χ4v) is 3.79. The smallest absolute Gasteiger partial charge is 0.230 e. The Bertz CT molecular complexity index is 708. The van der Waals surface area contributed by atoms with Gasteiger partial charge in [0.25, 0.3) is 0 Å². The molecule has 2 atom stereocenters. The van der Waals surface area contributed by atoms with Crippen molar-refractivity contribution in [3.8, 4) is 0 Å². The van der Waals surface area contributed by atoms with Crippen LogP contribution in [-0.2, 0) is 24.3 Å². The summed E-state index contributed by atoms with van der Waals surface area (Å²) in [7, 11) is 0. The lowest BCUT2D eigenvalue weighted by Gasteiger charge is -2.25. The number of halogens is 2. The zero-order valence-corrected chi connectivity index (χ0v) is 17.4. The lowest BCUT2D eigenvalue weighted by atomic mass is 10.0. The van der Waals surface area contributed by atoms with E-state index in [1.807, 2.05) is 19.9 Å². The Labute approximate surface area is 171 Å². The van der Waals surface area contributed by atoms with E-state index in [0.717, 1.165) is 31.7 Å². The highest BCUT2D eigenvalue weighted by molar-refractivity contribution is 7.15. The predicted molar refractivity (Wildman–Crippen MR) is 112 cm³/mol. The summed E-state index contributed by atoms with van der Waals surface area (Å²) < 4.78 is 0. The first-order valence-corrected chi connectivity index (χ1v) is 9.16. The number of carbonyl (C=O) groups excluding carboxylic acids is 1. The molecule has 0 aliphatic carbocycles. The number of nitrogens with zero attached hydrogens (tertiary/aromatic N) is 2. The van der Waals surface area contributed by atoms with Gasteiger partial charge in [0.1, 0.15) is 0 Å². The van der Waals surface area contributed by atoms with Crippen LogP contribution in [0, 0.1) is 5.92 Å². The number of amides is 1. The summed E-state index contributed by atoms with van der Waals surface area (Å²) in [6.07, 6.45) is 0.928. The second-order valence-corrected chi connectivity index (χ2v) is 7.56. The van der Waals surface area contributed by atoms with Crippen molar-refractivity contribution in [2.45, 2.75) is 39.4 Å². The summed E-state index contributed by atoms with van der Waals surface area (Å²) in [6, 6.07) is 10.3. The van der Waals surface area contributed by atoms with Gasteiger partial charge in [-0.3, -0.25) is 9.69 Å². The van der Waals surface area contributed by atoms with Gasteiger partial charge >= 0.3 is 0 Å². The van der Waals surface area contributed by atoms with Crippen LogP contribution in [0.1, 0.15) is 30.0 Å². The van der Waals surface area contributed by atoms with Crippen molar-refractivity contribution in [1.82, 2.24) is 9.88 Å². The maximum Gasteiger partial charge on any atom is 0.230 e. The zero-order valence-electron chi connectivity index (χ0n) is 15.0. The van der Waals surface area contributed by atoms with Gasteiger partial charge < -0.3 is 11.1 Å². The Kier molecular flexibility index (Phi) is 9.00. The van der Waals surface area contributed by atoms with Crippen LogP contribution in [0.5, 0.6) is 0 Å². The molecular formula is C18H26Cl2N4OS. The standard InChI is InChI=1S/C18H24N4OS.2ClH/c1-12(13(2)19)17(23)21-18-20-15-8-9-22(11-16(15)24-18)10-14-6-4-3-5-7-14;;/h3-7,12-13H,8-11,19H2,1-2H3,(H,20,21,23);2*1H. The molecule has 1 aromatic heterocycles. The van der Waals surface area contributed by atoms with Crippen LogP contribution in [0.4, 0.5) is 5.13 Å². The maximum atomic E-state index is 12.1. The molecule has 0 spiro atoms. The molecule has 2 aromatic rings. The second-order valence-electron chi connectivity index (χ2n) is 6.47. The van der Waals surface area contributed by atoms with E-state index in [9.17, 15) is 4.79 Å². The van der Waals surface area contributed by atoms with Crippen LogP contribution in [0.2, 0.25) is 0 Å². The van der Waals surface area contributed by atoms with E-state index in [4.69, 9.17) is 5.73 Å². The van der Waals surface area contributed by atoms with Crippen molar-refractivity contribution in [2.75, 3.05) is 11.9 Å². The number of thiazole rings is 1. The molecule has 2 heterocycles. The third kappa shape index (κ3) is 5.66. The SMILES string of the molecule is CC(N)C(C)C(=O)Nc1nc2c(s1)CN(Cc1ccccc1)CC2.Cl.Cl. The van der Waals surface area contributed by atoms with E-state index in [1.165, 1.54) is 10.4 Å². The average molecular weight is 417 g/mol. The van der Waals surface area contributed by atoms with Crippen LogP contribution in [-0.4, -0.2) is 28.4 Å². The van der Waals surface area contributed by atoms with Crippen LogP contribution in [0.3, 0.4) is 0 Å². The van der Waals surface area contributed by atoms with E-state index in [0.29, 0.717) is 5.13 Å². The molecule has 1 aliphatic rings. The first kappa shape index (κ1) is 22.9. The number of hydrogen-bond donors (Lipinski definition) is 2. The topological polar surface area (TPSA) is 71.2 Å². The number of fused-ring (bicyclic) bond motifs is 1. The summed E-state index contributed by atoms with van der Waals surface area (Å²) >= 11 is 1.58. The fourth-order valence-electron chi connectivity index (χ4n) is 2.74. The number of nitrogens with one attached hydrogen (secondary N) is 1.